The zero-order chi connectivity index (χ0) is 28.5. The number of aliphatic hydroxyl groups is 2. The number of aliphatic hydroxyl groups excluding tert-OH is 2. The van der Waals surface area contributed by atoms with Crippen LogP contribution in [-0.2, 0) is 9.53 Å². The molecule has 0 aromatic heterocycles. The predicted molar refractivity (Wildman–Crippen MR) is 153 cm³/mol. The van der Waals surface area contributed by atoms with Gasteiger partial charge in [-0.05, 0) is 138 Å². The summed E-state index contributed by atoms with van der Waals surface area (Å²) < 4.78 is 5.24. The third kappa shape index (κ3) is 6.21. The molecule has 7 heteroatoms. The molecule has 10 atom stereocenters. The Hall–Kier alpha value is -1.18. The highest BCUT2D eigenvalue weighted by Crippen LogP contribution is 2.68. The van der Waals surface area contributed by atoms with Gasteiger partial charge in [0.1, 0.15) is 0 Å². The molecular formula is C32H56N2O5. The molecule has 0 heterocycles. The Labute approximate surface area is 237 Å². The maximum atomic E-state index is 12.6. The minimum atomic E-state index is -0.520. The van der Waals surface area contributed by atoms with Gasteiger partial charge in [0.05, 0.1) is 12.2 Å². The number of esters is 1. The van der Waals surface area contributed by atoms with E-state index in [2.05, 4.69) is 25.7 Å². The zero-order valence-electron chi connectivity index (χ0n) is 25.5. The minimum absolute atomic E-state index is 0.185. The molecule has 2 N–H and O–H groups in total. The highest BCUT2D eigenvalue weighted by Gasteiger charge is 2.62. The lowest BCUT2D eigenvalue weighted by Gasteiger charge is -2.62. The van der Waals surface area contributed by atoms with Crippen molar-refractivity contribution in [2.75, 3.05) is 33.7 Å². The number of fused-ring (bicyclic) bond motifs is 5. The second kappa shape index (κ2) is 12.4. The summed E-state index contributed by atoms with van der Waals surface area (Å²) >= 11 is 0. The van der Waals surface area contributed by atoms with Gasteiger partial charge in [-0.3, -0.25) is 4.79 Å². The Kier molecular flexibility index (Phi) is 9.75. The average molecular weight is 549 g/mol. The molecule has 4 aliphatic rings. The van der Waals surface area contributed by atoms with Gasteiger partial charge in [0.25, 0.3) is 0 Å². The number of ether oxygens (including phenoxy) is 1. The van der Waals surface area contributed by atoms with Crippen molar-refractivity contribution in [1.29, 1.82) is 0 Å². The normalized spacial score (nSPS) is 40.4. The lowest BCUT2D eigenvalue weighted by Crippen LogP contribution is -2.58. The second-order valence-electron chi connectivity index (χ2n) is 14.4. The molecule has 4 fully saturated rings. The topological polar surface area (TPSA) is 90.3 Å². The summed E-state index contributed by atoms with van der Waals surface area (Å²) in [6, 6.07) is 0. The van der Waals surface area contributed by atoms with Gasteiger partial charge in [0.15, 0.2) is 0 Å². The first-order valence-corrected chi connectivity index (χ1v) is 15.9. The van der Waals surface area contributed by atoms with Gasteiger partial charge in [0.2, 0.25) is 0 Å². The molecular weight excluding hydrogens is 492 g/mol. The fourth-order valence-corrected chi connectivity index (χ4v) is 9.89. The molecule has 4 aliphatic carbocycles. The monoisotopic (exact) mass is 548 g/mol. The maximum Gasteiger partial charge on any atom is 0.417 e. The summed E-state index contributed by atoms with van der Waals surface area (Å²) in [5.41, 5.74) is 0.424. The fourth-order valence-electron chi connectivity index (χ4n) is 9.89. The van der Waals surface area contributed by atoms with Crippen LogP contribution in [0.5, 0.6) is 0 Å². The third-order valence-corrected chi connectivity index (χ3v) is 12.1. The van der Waals surface area contributed by atoms with E-state index >= 15 is 0 Å². The number of carbonyl (C=O) groups is 2. The molecule has 0 aromatic carbocycles. The molecule has 4 saturated carbocycles. The highest BCUT2D eigenvalue weighted by molar-refractivity contribution is 5.84. The Morgan fingerprint density at radius 3 is 2.36 bits per heavy atom. The maximum absolute atomic E-state index is 12.6. The molecule has 7 nitrogen and oxygen atoms in total. The summed E-state index contributed by atoms with van der Waals surface area (Å²) in [7, 11) is 4.02. The van der Waals surface area contributed by atoms with Crippen LogP contribution in [0.25, 0.3) is 0 Å². The van der Waals surface area contributed by atoms with Crippen LogP contribution in [0, 0.1) is 46.3 Å². The third-order valence-electron chi connectivity index (χ3n) is 12.1. The Morgan fingerprint density at radius 2 is 1.67 bits per heavy atom. The smallest absolute Gasteiger partial charge is 0.393 e. The summed E-state index contributed by atoms with van der Waals surface area (Å²) in [4.78, 5) is 28.9. The van der Waals surface area contributed by atoms with Crippen LogP contribution >= 0.6 is 0 Å². The van der Waals surface area contributed by atoms with Crippen LogP contribution in [0.2, 0.25) is 0 Å². The van der Waals surface area contributed by atoms with Gasteiger partial charge in [-0.25, -0.2) is 4.79 Å². The van der Waals surface area contributed by atoms with E-state index in [1.165, 1.54) is 6.42 Å². The van der Waals surface area contributed by atoms with Gasteiger partial charge < -0.3 is 24.7 Å². The van der Waals surface area contributed by atoms with E-state index in [4.69, 9.17) is 4.74 Å². The molecule has 0 aromatic rings. The zero-order valence-corrected chi connectivity index (χ0v) is 25.5. The predicted octanol–water partition coefficient (Wildman–Crippen LogP) is 5.33. The number of hydrogen-bond donors (Lipinski definition) is 2. The highest BCUT2D eigenvalue weighted by atomic mass is 16.6. The van der Waals surface area contributed by atoms with Gasteiger partial charge >= 0.3 is 12.1 Å². The minimum Gasteiger partial charge on any atom is -0.393 e. The van der Waals surface area contributed by atoms with Crippen LogP contribution in [0.4, 0.5) is 4.79 Å². The Bertz CT molecular complexity index is 865. The quantitative estimate of drug-likeness (QED) is 0.299. The molecule has 39 heavy (non-hydrogen) atoms. The molecule has 1 unspecified atom stereocenters. The number of amides is 1. The van der Waals surface area contributed by atoms with Crippen molar-refractivity contribution in [1.82, 2.24) is 9.80 Å². The van der Waals surface area contributed by atoms with E-state index in [0.717, 1.165) is 64.3 Å². The van der Waals surface area contributed by atoms with Crippen LogP contribution in [-0.4, -0.2) is 78.0 Å². The van der Waals surface area contributed by atoms with Crippen LogP contribution in [0.15, 0.2) is 0 Å². The van der Waals surface area contributed by atoms with Crippen molar-refractivity contribution >= 4 is 12.1 Å². The standard InChI is InChI=1S/C32H56N2O5/c1-7-34(18-8-17-33(5)6)30(38)39-28(37)12-9-21(2)24-10-11-25-29-26(14-16-32(24,25)4)31(3)15-13-23(35)19-22(31)20-27(29)36/h21-27,29,35-36H,7-20H2,1-6H3/t21-,22?,23-,24-,25+,26+,27+,29+,31+,32-/m1/s1. The van der Waals surface area contributed by atoms with E-state index in [1.807, 2.05) is 21.0 Å². The lowest BCUT2D eigenvalue weighted by molar-refractivity contribution is -0.174. The summed E-state index contributed by atoms with van der Waals surface area (Å²) in [5.74, 6) is 2.34. The molecule has 0 saturated heterocycles. The fraction of sp³-hybridized carbons (Fsp3) is 0.938. The largest absolute Gasteiger partial charge is 0.417 e. The molecule has 4 rings (SSSR count). The van der Waals surface area contributed by atoms with Crippen LogP contribution in [0.3, 0.4) is 0 Å². The summed E-state index contributed by atoms with van der Waals surface area (Å²) in [5, 5.41) is 21.8. The van der Waals surface area contributed by atoms with E-state index in [9.17, 15) is 19.8 Å². The van der Waals surface area contributed by atoms with E-state index in [1.54, 1.807) is 4.90 Å². The van der Waals surface area contributed by atoms with Gasteiger partial charge in [-0.1, -0.05) is 20.8 Å². The van der Waals surface area contributed by atoms with Crippen LogP contribution < -0.4 is 0 Å². The van der Waals surface area contributed by atoms with Crippen molar-refractivity contribution in [2.45, 2.75) is 111 Å². The first-order chi connectivity index (χ1) is 18.4. The number of nitrogens with zero attached hydrogens (tertiary/aromatic N) is 2. The molecule has 0 spiro atoms. The average Bonchev–Trinajstić information content (AvgIpc) is 3.23. The second-order valence-corrected chi connectivity index (χ2v) is 14.4. The number of hydrogen-bond acceptors (Lipinski definition) is 6. The van der Waals surface area contributed by atoms with E-state index in [-0.39, 0.29) is 29.5 Å². The van der Waals surface area contributed by atoms with Crippen molar-refractivity contribution in [3.8, 4) is 0 Å². The van der Waals surface area contributed by atoms with E-state index in [0.29, 0.717) is 48.6 Å². The number of rotatable bonds is 9. The molecule has 0 radical (unpaired) electrons. The van der Waals surface area contributed by atoms with Crippen molar-refractivity contribution < 1.29 is 24.5 Å². The van der Waals surface area contributed by atoms with Crippen molar-refractivity contribution in [2.24, 2.45) is 46.3 Å². The van der Waals surface area contributed by atoms with Gasteiger partial charge in [-0.2, -0.15) is 0 Å². The van der Waals surface area contributed by atoms with Crippen molar-refractivity contribution in [3.05, 3.63) is 0 Å². The van der Waals surface area contributed by atoms with Crippen molar-refractivity contribution in [3.63, 3.8) is 0 Å². The Morgan fingerprint density at radius 1 is 0.974 bits per heavy atom. The van der Waals surface area contributed by atoms with Gasteiger partial charge in [-0.15, -0.1) is 0 Å². The molecule has 1 amide bonds. The summed E-state index contributed by atoms with van der Waals surface area (Å²) in [6.45, 7) is 11.1. The first-order valence-electron chi connectivity index (χ1n) is 15.9. The SMILES string of the molecule is CCN(CCCN(C)C)C(=O)OC(=O)CC[C@@H](C)[C@H]1CC[C@H]2[C@@H]3[C@@H](O)CC4C[C@H](O)CC[C@]4(C)[C@H]3CC[C@]12C. The molecule has 0 aliphatic heterocycles. The van der Waals surface area contributed by atoms with Gasteiger partial charge in [0, 0.05) is 19.5 Å². The molecule has 0 bridgehead atoms. The lowest BCUT2D eigenvalue weighted by atomic mass is 9.43. The van der Waals surface area contributed by atoms with Crippen LogP contribution in [0.1, 0.15) is 98.3 Å². The Balaban J connectivity index is 1.32. The number of carbonyl (C=O) groups excluding carboxylic acids is 2. The summed E-state index contributed by atoms with van der Waals surface area (Å²) in [6.07, 6.45) is 9.21. The molecule has 224 valence electrons. The van der Waals surface area contributed by atoms with E-state index < -0.39 is 12.1 Å². The first kappa shape index (κ1) is 30.8.